The van der Waals surface area contributed by atoms with Crippen LogP contribution in [0.5, 0.6) is 0 Å². The van der Waals surface area contributed by atoms with E-state index in [0.29, 0.717) is 12.8 Å². The average Bonchev–Trinajstić information content (AvgIpc) is 3.58. The molecule has 0 atom stereocenters. The fourth-order valence-corrected chi connectivity index (χ4v) is 4.88. The number of alkyl carbamates (subject to hydrolysis) is 1. The molecule has 2 aliphatic carbocycles. The van der Waals surface area contributed by atoms with E-state index < -0.39 is 17.5 Å². The summed E-state index contributed by atoms with van der Waals surface area (Å²) in [5.74, 6) is -1.64. The quantitative estimate of drug-likeness (QED) is 0.417. The molecule has 8 heteroatoms. The first-order valence-corrected chi connectivity index (χ1v) is 11.7. The van der Waals surface area contributed by atoms with E-state index in [2.05, 4.69) is 22.8 Å². The molecule has 0 unspecified atom stereocenters. The van der Waals surface area contributed by atoms with E-state index in [1.165, 1.54) is 12.1 Å². The molecule has 0 heterocycles. The lowest BCUT2D eigenvalue weighted by molar-refractivity contribution is -0.120. The van der Waals surface area contributed by atoms with Crippen molar-refractivity contribution in [3.8, 4) is 11.1 Å². The minimum Gasteiger partial charge on any atom is -0.478 e. The van der Waals surface area contributed by atoms with Crippen molar-refractivity contribution in [1.29, 1.82) is 0 Å². The first-order chi connectivity index (χ1) is 16.9. The lowest BCUT2D eigenvalue weighted by Crippen LogP contribution is -2.38. The minimum absolute atomic E-state index is 0.0388. The summed E-state index contributed by atoms with van der Waals surface area (Å²) >= 11 is 5.99. The van der Waals surface area contributed by atoms with Crippen LogP contribution >= 0.6 is 11.6 Å². The number of hydrogen-bond donors (Lipinski definition) is 3. The standard InChI is InChI=1S/C27H23ClN2O5/c28-21-10-5-11-22(23(21)24(31)32)30-25(33)27(12-13-27)15-29-26(34)35-14-20-18-8-3-1-6-16(18)17-7-2-4-9-19(17)20/h1-11,20H,12-15H2,(H,29,34)(H,30,33)(H,31,32). The van der Waals surface area contributed by atoms with Crippen LogP contribution in [0.3, 0.4) is 0 Å². The highest BCUT2D eigenvalue weighted by molar-refractivity contribution is 6.34. The Balaban J connectivity index is 1.20. The molecular weight excluding hydrogens is 468 g/mol. The Morgan fingerprint density at radius 2 is 1.57 bits per heavy atom. The smallest absolute Gasteiger partial charge is 0.407 e. The summed E-state index contributed by atoms with van der Waals surface area (Å²) < 4.78 is 5.55. The van der Waals surface area contributed by atoms with Crippen LogP contribution in [0.2, 0.25) is 5.02 Å². The zero-order chi connectivity index (χ0) is 24.6. The summed E-state index contributed by atoms with van der Waals surface area (Å²) in [7, 11) is 0. The van der Waals surface area contributed by atoms with E-state index in [9.17, 15) is 19.5 Å². The summed E-state index contributed by atoms with van der Waals surface area (Å²) in [6.45, 7) is 0.280. The number of halogens is 1. The second-order valence-corrected chi connectivity index (χ2v) is 9.29. The number of carbonyl (C=O) groups excluding carboxylic acids is 2. The molecule has 3 aromatic rings. The molecule has 0 aliphatic heterocycles. The largest absolute Gasteiger partial charge is 0.478 e. The van der Waals surface area contributed by atoms with Crippen LogP contribution in [0, 0.1) is 5.41 Å². The molecule has 5 rings (SSSR count). The van der Waals surface area contributed by atoms with Crippen LogP contribution in [0.15, 0.2) is 66.7 Å². The molecule has 1 fully saturated rings. The third kappa shape index (κ3) is 4.35. The highest BCUT2D eigenvalue weighted by Gasteiger charge is 2.50. The number of carboxylic acids is 1. The number of anilines is 1. The maximum atomic E-state index is 12.9. The predicted octanol–water partition coefficient (Wildman–Crippen LogP) is 5.30. The van der Waals surface area contributed by atoms with Gasteiger partial charge < -0.3 is 20.5 Å². The molecular formula is C27H23ClN2O5. The molecule has 3 N–H and O–H groups in total. The zero-order valence-electron chi connectivity index (χ0n) is 18.7. The summed E-state index contributed by atoms with van der Waals surface area (Å²) in [4.78, 5) is 36.9. The van der Waals surface area contributed by atoms with Crippen molar-refractivity contribution in [2.45, 2.75) is 18.8 Å². The van der Waals surface area contributed by atoms with Crippen molar-refractivity contribution in [3.05, 3.63) is 88.4 Å². The van der Waals surface area contributed by atoms with Gasteiger partial charge in [0.2, 0.25) is 5.91 Å². The van der Waals surface area contributed by atoms with Crippen LogP contribution in [0.4, 0.5) is 10.5 Å². The van der Waals surface area contributed by atoms with E-state index in [4.69, 9.17) is 16.3 Å². The van der Waals surface area contributed by atoms with Crippen molar-refractivity contribution in [3.63, 3.8) is 0 Å². The number of nitrogens with one attached hydrogen (secondary N) is 2. The first kappa shape index (κ1) is 22.9. The predicted molar refractivity (Wildman–Crippen MR) is 132 cm³/mol. The van der Waals surface area contributed by atoms with E-state index in [1.807, 2.05) is 36.4 Å². The van der Waals surface area contributed by atoms with Crippen LogP contribution in [0.1, 0.15) is 40.2 Å². The van der Waals surface area contributed by atoms with Gasteiger partial charge in [-0.1, -0.05) is 66.2 Å². The zero-order valence-corrected chi connectivity index (χ0v) is 19.5. The van der Waals surface area contributed by atoms with Crippen molar-refractivity contribution < 1.29 is 24.2 Å². The summed E-state index contributed by atoms with van der Waals surface area (Å²) in [5.41, 5.74) is 3.69. The SMILES string of the molecule is O=C(NCC1(C(=O)Nc2cccc(Cl)c2C(=O)O)CC1)OCC1c2ccccc2-c2ccccc21. The average molecular weight is 491 g/mol. The fraction of sp³-hybridized carbons (Fsp3) is 0.222. The van der Waals surface area contributed by atoms with Crippen molar-refractivity contribution in [2.24, 2.45) is 5.41 Å². The third-order valence-corrected chi connectivity index (χ3v) is 7.04. The molecule has 0 saturated heterocycles. The summed E-state index contributed by atoms with van der Waals surface area (Å²) in [6, 6.07) is 20.7. The van der Waals surface area contributed by atoms with E-state index in [-0.39, 0.29) is 41.3 Å². The number of amides is 2. The topological polar surface area (TPSA) is 105 Å². The van der Waals surface area contributed by atoms with Crippen molar-refractivity contribution in [2.75, 3.05) is 18.5 Å². The molecule has 35 heavy (non-hydrogen) atoms. The molecule has 0 radical (unpaired) electrons. The Bertz CT molecular complexity index is 1290. The van der Waals surface area contributed by atoms with E-state index >= 15 is 0 Å². The summed E-state index contributed by atoms with van der Waals surface area (Å²) in [5, 5.41) is 14.8. The number of carboxylic acid groups (broad SMARTS) is 1. The van der Waals surface area contributed by atoms with Crippen molar-refractivity contribution in [1.82, 2.24) is 5.32 Å². The normalized spacial score (nSPS) is 15.0. The van der Waals surface area contributed by atoms with Crippen LogP contribution in [0.25, 0.3) is 11.1 Å². The lowest BCUT2D eigenvalue weighted by Gasteiger charge is -2.18. The van der Waals surface area contributed by atoms with Gasteiger partial charge in [-0.2, -0.15) is 0 Å². The molecule has 0 spiro atoms. The minimum atomic E-state index is -1.23. The fourth-order valence-electron chi connectivity index (χ4n) is 4.63. The molecule has 7 nitrogen and oxygen atoms in total. The number of aromatic carboxylic acids is 1. The molecule has 0 aromatic heterocycles. The lowest BCUT2D eigenvalue weighted by atomic mass is 9.98. The highest BCUT2D eigenvalue weighted by Crippen LogP contribution is 2.47. The molecule has 178 valence electrons. The molecule has 1 saturated carbocycles. The Kier molecular flexibility index (Phi) is 5.94. The van der Waals surface area contributed by atoms with Crippen molar-refractivity contribution >= 4 is 35.3 Å². The maximum absolute atomic E-state index is 12.9. The molecule has 2 aliphatic rings. The number of rotatable bonds is 7. The Hall–Kier alpha value is -3.84. The maximum Gasteiger partial charge on any atom is 0.407 e. The number of carbonyl (C=O) groups is 3. The van der Waals surface area contributed by atoms with Crippen LogP contribution < -0.4 is 10.6 Å². The van der Waals surface area contributed by atoms with Gasteiger partial charge in [-0.25, -0.2) is 9.59 Å². The van der Waals surface area contributed by atoms with Gasteiger partial charge in [0, 0.05) is 12.5 Å². The Morgan fingerprint density at radius 1 is 0.943 bits per heavy atom. The summed E-state index contributed by atoms with van der Waals surface area (Å²) in [6.07, 6.45) is 0.552. The first-order valence-electron chi connectivity index (χ1n) is 11.3. The molecule has 3 aromatic carbocycles. The van der Waals surface area contributed by atoms with Gasteiger partial charge in [0.25, 0.3) is 0 Å². The van der Waals surface area contributed by atoms with Gasteiger partial charge in [0.15, 0.2) is 0 Å². The van der Waals surface area contributed by atoms with E-state index in [1.54, 1.807) is 6.07 Å². The molecule has 0 bridgehead atoms. The highest BCUT2D eigenvalue weighted by atomic mass is 35.5. The van der Waals surface area contributed by atoms with Gasteiger partial charge >= 0.3 is 12.1 Å². The second-order valence-electron chi connectivity index (χ2n) is 8.88. The number of ether oxygens (including phenoxy) is 1. The monoisotopic (exact) mass is 490 g/mol. The number of benzene rings is 3. The van der Waals surface area contributed by atoms with Gasteiger partial charge in [-0.15, -0.1) is 0 Å². The van der Waals surface area contributed by atoms with Gasteiger partial charge in [-0.3, -0.25) is 4.79 Å². The number of fused-ring (bicyclic) bond motifs is 3. The van der Waals surface area contributed by atoms with Crippen LogP contribution in [-0.2, 0) is 9.53 Å². The van der Waals surface area contributed by atoms with Gasteiger partial charge in [0.05, 0.1) is 16.1 Å². The van der Waals surface area contributed by atoms with Gasteiger partial charge in [0.1, 0.15) is 12.2 Å². The molecule has 2 amide bonds. The van der Waals surface area contributed by atoms with Gasteiger partial charge in [-0.05, 0) is 47.2 Å². The Labute approximate surface area is 207 Å². The van der Waals surface area contributed by atoms with Crippen LogP contribution in [-0.4, -0.2) is 36.2 Å². The Morgan fingerprint density at radius 3 is 2.17 bits per heavy atom. The van der Waals surface area contributed by atoms with E-state index in [0.717, 1.165) is 22.3 Å². The number of hydrogen-bond acceptors (Lipinski definition) is 4. The second kappa shape index (κ2) is 9.07. The third-order valence-electron chi connectivity index (χ3n) is 6.73.